The van der Waals surface area contributed by atoms with Crippen LogP contribution >= 0.6 is 0 Å². The van der Waals surface area contributed by atoms with E-state index in [9.17, 15) is 0 Å². The molecule has 11 rings (SSSR count). The summed E-state index contributed by atoms with van der Waals surface area (Å²) in [5.74, 6) is 0. The predicted octanol–water partition coefficient (Wildman–Crippen LogP) is 14.2. The Kier molecular flexibility index (Phi) is 5.89. The Hall–Kier alpha value is -5.98. The molecule has 9 aromatic carbocycles. The lowest BCUT2D eigenvalue weighted by Crippen LogP contribution is -2.24. The lowest BCUT2D eigenvalue weighted by molar-refractivity contribution is 0.601. The monoisotopic (exact) mass is 662 g/mol. The number of fused-ring (bicyclic) bond motifs is 13. The summed E-state index contributed by atoms with van der Waals surface area (Å²) in [5, 5.41) is 10.5. The van der Waals surface area contributed by atoms with Gasteiger partial charge in [0.05, 0.1) is 0 Å². The summed E-state index contributed by atoms with van der Waals surface area (Å²) in [7, 11) is 0. The van der Waals surface area contributed by atoms with Gasteiger partial charge in [-0.15, -0.1) is 0 Å². The van der Waals surface area contributed by atoms with Gasteiger partial charge in [-0.25, -0.2) is 0 Å². The van der Waals surface area contributed by atoms with Gasteiger partial charge in [0.15, 0.2) is 0 Å². The van der Waals surface area contributed by atoms with Crippen molar-refractivity contribution in [1.82, 2.24) is 0 Å². The van der Waals surface area contributed by atoms with Crippen molar-refractivity contribution in [3.8, 4) is 44.5 Å². The van der Waals surface area contributed by atoms with Crippen LogP contribution in [0.4, 0.5) is 0 Å². The zero-order chi connectivity index (χ0) is 34.9. The Bertz CT molecular complexity index is 2790. The van der Waals surface area contributed by atoms with Crippen LogP contribution in [0.3, 0.4) is 0 Å². The second-order valence-corrected chi connectivity index (χ2v) is 16.0. The minimum atomic E-state index is -0.201. The van der Waals surface area contributed by atoms with Crippen LogP contribution in [0.25, 0.3) is 87.6 Å². The normalized spacial score (nSPS) is 14.8. The van der Waals surface area contributed by atoms with Gasteiger partial charge in [-0.2, -0.15) is 0 Å². The summed E-state index contributed by atoms with van der Waals surface area (Å²) in [6, 6.07) is 59.3. The molecule has 0 saturated heterocycles. The molecule has 0 heteroatoms. The number of rotatable bonds is 2. The molecule has 0 N–H and O–H groups in total. The van der Waals surface area contributed by atoms with E-state index in [1.807, 2.05) is 0 Å². The number of benzene rings is 9. The van der Waals surface area contributed by atoms with E-state index in [4.69, 9.17) is 0 Å². The van der Waals surface area contributed by atoms with Gasteiger partial charge in [0.1, 0.15) is 0 Å². The predicted molar refractivity (Wildman–Crippen MR) is 222 cm³/mol. The van der Waals surface area contributed by atoms with Gasteiger partial charge >= 0.3 is 0 Å². The van der Waals surface area contributed by atoms with Gasteiger partial charge in [-0.1, -0.05) is 173 Å². The van der Waals surface area contributed by atoms with Crippen molar-refractivity contribution in [3.63, 3.8) is 0 Å². The Morgan fingerprint density at radius 2 is 0.635 bits per heavy atom. The number of hydrogen-bond acceptors (Lipinski definition) is 0. The minimum absolute atomic E-state index is 0.201. The highest BCUT2D eigenvalue weighted by atomic mass is 14.5. The van der Waals surface area contributed by atoms with E-state index in [-0.39, 0.29) is 10.8 Å². The Morgan fingerprint density at radius 1 is 0.288 bits per heavy atom. The molecule has 0 heterocycles. The lowest BCUT2D eigenvalue weighted by Gasteiger charge is -2.31. The molecule has 52 heavy (non-hydrogen) atoms. The summed E-state index contributed by atoms with van der Waals surface area (Å²) < 4.78 is 0. The standard InChI is InChI=1S/C52H38/c1-51(2)45-29-43(35-25-13-17-31-15-5-7-19-33(31)35)37-21-9-11-23-39(37)47(45)41-27-28-42-48-40-24-12-10-22-38(40)44(30-46(48)52(3,4)50(42)49(41)51)36-26-14-18-32-16-6-8-20-34(32)36/h5-30H,1-4H3. The third-order valence-electron chi connectivity index (χ3n) is 12.6. The van der Waals surface area contributed by atoms with E-state index < -0.39 is 0 Å². The molecule has 0 aliphatic heterocycles. The van der Waals surface area contributed by atoms with Crippen molar-refractivity contribution in [2.45, 2.75) is 38.5 Å². The van der Waals surface area contributed by atoms with Crippen molar-refractivity contribution in [2.24, 2.45) is 0 Å². The fourth-order valence-electron chi connectivity index (χ4n) is 10.3. The SMILES string of the molecule is CC1(C)c2cc(-c3cccc4ccccc34)c3ccccc3c2-c2ccc3c(c21)C(C)(C)c1cc(-c2cccc4ccccc24)c2ccccc2c1-3. The highest BCUT2D eigenvalue weighted by Gasteiger charge is 2.47. The molecule has 9 aromatic rings. The van der Waals surface area contributed by atoms with Crippen LogP contribution in [0.1, 0.15) is 49.9 Å². The summed E-state index contributed by atoms with van der Waals surface area (Å²) in [4.78, 5) is 0. The molecule has 0 unspecified atom stereocenters. The molecule has 0 amide bonds. The highest BCUT2D eigenvalue weighted by molar-refractivity contribution is 6.15. The first kappa shape index (κ1) is 29.7. The summed E-state index contributed by atoms with van der Waals surface area (Å²) in [6.07, 6.45) is 0. The Balaban J connectivity index is 1.19. The molecular weight excluding hydrogens is 625 g/mol. The van der Waals surface area contributed by atoms with Gasteiger partial charge in [0.2, 0.25) is 0 Å². The van der Waals surface area contributed by atoms with E-state index in [0.29, 0.717) is 0 Å². The van der Waals surface area contributed by atoms with E-state index in [1.165, 1.54) is 110 Å². The molecule has 2 aliphatic carbocycles. The van der Waals surface area contributed by atoms with E-state index >= 15 is 0 Å². The molecule has 0 bridgehead atoms. The maximum atomic E-state index is 2.54. The summed E-state index contributed by atoms with van der Waals surface area (Å²) >= 11 is 0. The molecular formula is C52H38. The van der Waals surface area contributed by atoms with Gasteiger partial charge in [-0.3, -0.25) is 0 Å². The van der Waals surface area contributed by atoms with Crippen molar-refractivity contribution < 1.29 is 0 Å². The van der Waals surface area contributed by atoms with Crippen LogP contribution in [0.15, 0.2) is 158 Å². The molecule has 0 spiro atoms. The Morgan fingerprint density at radius 3 is 1.06 bits per heavy atom. The largest absolute Gasteiger partial charge is 0.0616 e. The van der Waals surface area contributed by atoms with Gasteiger partial charge in [0, 0.05) is 10.8 Å². The second kappa shape index (κ2) is 10.3. The van der Waals surface area contributed by atoms with Crippen molar-refractivity contribution in [1.29, 1.82) is 0 Å². The fourth-order valence-corrected chi connectivity index (χ4v) is 10.3. The minimum Gasteiger partial charge on any atom is -0.0616 e. The first-order chi connectivity index (χ1) is 25.3. The highest BCUT2D eigenvalue weighted by Crippen LogP contribution is 2.62. The molecule has 0 atom stereocenters. The van der Waals surface area contributed by atoms with E-state index in [1.54, 1.807) is 0 Å². The smallest absolute Gasteiger partial charge is 0.0162 e. The first-order valence-electron chi connectivity index (χ1n) is 18.6. The van der Waals surface area contributed by atoms with Gasteiger partial charge < -0.3 is 0 Å². The van der Waals surface area contributed by atoms with Crippen LogP contribution in [-0.2, 0) is 10.8 Å². The van der Waals surface area contributed by atoms with Crippen LogP contribution < -0.4 is 0 Å². The van der Waals surface area contributed by atoms with Crippen molar-refractivity contribution in [2.75, 3.05) is 0 Å². The molecule has 2 aliphatic rings. The maximum Gasteiger partial charge on any atom is 0.0162 e. The molecule has 246 valence electrons. The third kappa shape index (κ3) is 3.77. The molecule has 0 fully saturated rings. The lowest BCUT2D eigenvalue weighted by atomic mass is 9.72. The summed E-state index contributed by atoms with van der Waals surface area (Å²) in [6.45, 7) is 9.88. The Labute approximate surface area is 305 Å². The second-order valence-electron chi connectivity index (χ2n) is 16.0. The maximum absolute atomic E-state index is 2.54. The summed E-state index contributed by atoms with van der Waals surface area (Å²) in [5.41, 5.74) is 16.2. The van der Waals surface area contributed by atoms with Crippen LogP contribution in [0, 0.1) is 0 Å². The molecule has 0 nitrogen and oxygen atoms in total. The zero-order valence-corrected chi connectivity index (χ0v) is 30.0. The quantitative estimate of drug-likeness (QED) is 0.173. The van der Waals surface area contributed by atoms with Gasteiger partial charge in [-0.05, 0) is 122 Å². The molecule has 0 aromatic heterocycles. The van der Waals surface area contributed by atoms with Crippen LogP contribution in [-0.4, -0.2) is 0 Å². The fraction of sp³-hybridized carbons (Fsp3) is 0.115. The molecule has 0 radical (unpaired) electrons. The number of hydrogen-bond donors (Lipinski definition) is 0. The average molecular weight is 663 g/mol. The zero-order valence-electron chi connectivity index (χ0n) is 30.0. The van der Waals surface area contributed by atoms with Crippen LogP contribution in [0.5, 0.6) is 0 Å². The topological polar surface area (TPSA) is 0 Å². The van der Waals surface area contributed by atoms with Crippen molar-refractivity contribution >= 4 is 43.1 Å². The average Bonchev–Trinajstić information content (AvgIpc) is 3.56. The van der Waals surface area contributed by atoms with Crippen molar-refractivity contribution in [3.05, 3.63) is 180 Å². The van der Waals surface area contributed by atoms with Gasteiger partial charge in [0.25, 0.3) is 0 Å². The van der Waals surface area contributed by atoms with E-state index in [2.05, 4.69) is 185 Å². The molecule has 0 saturated carbocycles. The first-order valence-corrected chi connectivity index (χ1v) is 18.6. The van der Waals surface area contributed by atoms with Crippen LogP contribution in [0.2, 0.25) is 0 Å². The third-order valence-corrected chi connectivity index (χ3v) is 12.6. The van der Waals surface area contributed by atoms with E-state index in [0.717, 1.165) is 0 Å².